The number of ether oxygens (including phenoxy) is 1. The number of halogens is 4. The molecular weight excluding hydrogens is 392 g/mol. The van der Waals surface area contributed by atoms with Crippen LogP contribution in [0.5, 0.6) is 5.75 Å². The molecule has 0 aromatic heterocycles. The molecule has 110 valence electrons. The van der Waals surface area contributed by atoms with Gasteiger partial charge in [0.15, 0.2) is 11.6 Å². The molecule has 2 aromatic rings. The van der Waals surface area contributed by atoms with Gasteiger partial charge in [0.05, 0.1) is 9.49 Å². The van der Waals surface area contributed by atoms with Gasteiger partial charge in [-0.2, -0.15) is 8.78 Å². The molecule has 1 unspecified atom stereocenters. The van der Waals surface area contributed by atoms with Crippen molar-refractivity contribution in [2.75, 3.05) is 0 Å². The first-order valence-corrected chi connectivity index (χ1v) is 7.56. The van der Waals surface area contributed by atoms with E-state index in [1.807, 2.05) is 6.92 Å². The van der Waals surface area contributed by atoms with Crippen LogP contribution in [0.4, 0.5) is 13.2 Å². The SMILES string of the molecule is Cc1ccc(C2Cc3ccc(I)c(F)c3OC2(F)F)cc1. The van der Waals surface area contributed by atoms with E-state index in [1.54, 1.807) is 59.0 Å². The second-order valence-electron chi connectivity index (χ2n) is 5.18. The van der Waals surface area contributed by atoms with Gasteiger partial charge in [-0.05, 0) is 53.1 Å². The van der Waals surface area contributed by atoms with E-state index in [0.717, 1.165) is 5.56 Å². The highest BCUT2D eigenvalue weighted by molar-refractivity contribution is 14.1. The van der Waals surface area contributed by atoms with Crippen molar-refractivity contribution >= 4 is 22.6 Å². The van der Waals surface area contributed by atoms with Crippen LogP contribution < -0.4 is 4.74 Å². The van der Waals surface area contributed by atoms with E-state index >= 15 is 0 Å². The third kappa shape index (κ3) is 2.63. The van der Waals surface area contributed by atoms with Crippen molar-refractivity contribution in [3.8, 4) is 5.75 Å². The standard InChI is InChI=1S/C16H12F3IO/c1-9-2-4-10(5-3-9)12-8-11-6-7-13(20)14(17)15(11)21-16(12,18)19/h2-7,12H,8H2,1H3. The highest BCUT2D eigenvalue weighted by atomic mass is 127. The summed E-state index contributed by atoms with van der Waals surface area (Å²) in [6, 6.07) is 10.1. The fraction of sp³-hybridized carbons (Fsp3) is 0.250. The van der Waals surface area contributed by atoms with Crippen molar-refractivity contribution in [1.82, 2.24) is 0 Å². The van der Waals surface area contributed by atoms with Crippen LogP contribution in [-0.2, 0) is 6.42 Å². The molecule has 0 amide bonds. The van der Waals surface area contributed by atoms with Crippen molar-refractivity contribution in [1.29, 1.82) is 0 Å². The molecule has 1 aliphatic heterocycles. The van der Waals surface area contributed by atoms with Gasteiger partial charge >= 0.3 is 6.11 Å². The third-order valence-electron chi connectivity index (χ3n) is 3.68. The van der Waals surface area contributed by atoms with E-state index < -0.39 is 17.8 Å². The van der Waals surface area contributed by atoms with Crippen LogP contribution in [0, 0.1) is 16.3 Å². The lowest BCUT2D eigenvalue weighted by molar-refractivity contribution is -0.203. The average Bonchev–Trinajstić information content (AvgIpc) is 2.44. The van der Waals surface area contributed by atoms with E-state index in [9.17, 15) is 13.2 Å². The van der Waals surface area contributed by atoms with Crippen LogP contribution in [0.3, 0.4) is 0 Å². The summed E-state index contributed by atoms with van der Waals surface area (Å²) in [7, 11) is 0. The Labute approximate surface area is 134 Å². The molecule has 2 aromatic carbocycles. The summed E-state index contributed by atoms with van der Waals surface area (Å²) < 4.78 is 47.4. The van der Waals surface area contributed by atoms with Gasteiger partial charge in [0.2, 0.25) is 0 Å². The molecular formula is C16H12F3IO. The van der Waals surface area contributed by atoms with E-state index in [-0.39, 0.29) is 15.7 Å². The van der Waals surface area contributed by atoms with Gasteiger partial charge in [0, 0.05) is 0 Å². The zero-order valence-electron chi connectivity index (χ0n) is 11.2. The Kier molecular flexibility index (Phi) is 3.63. The first-order chi connectivity index (χ1) is 9.88. The van der Waals surface area contributed by atoms with Crippen LogP contribution in [0.2, 0.25) is 0 Å². The minimum absolute atomic E-state index is 0.0548. The fourth-order valence-corrected chi connectivity index (χ4v) is 2.92. The minimum Gasteiger partial charge on any atom is -0.429 e. The van der Waals surface area contributed by atoms with Crippen molar-refractivity contribution in [3.63, 3.8) is 0 Å². The van der Waals surface area contributed by atoms with Gasteiger partial charge in [0.1, 0.15) is 0 Å². The molecule has 5 heteroatoms. The smallest absolute Gasteiger partial charge is 0.405 e. The Morgan fingerprint density at radius 1 is 1.14 bits per heavy atom. The van der Waals surface area contributed by atoms with Crippen LogP contribution >= 0.6 is 22.6 Å². The first-order valence-electron chi connectivity index (χ1n) is 6.49. The third-order valence-corrected chi connectivity index (χ3v) is 4.51. The number of fused-ring (bicyclic) bond motifs is 1. The van der Waals surface area contributed by atoms with Gasteiger partial charge in [-0.3, -0.25) is 0 Å². The molecule has 3 rings (SSSR count). The molecule has 0 N–H and O–H groups in total. The van der Waals surface area contributed by atoms with Crippen molar-refractivity contribution in [2.24, 2.45) is 0 Å². The summed E-state index contributed by atoms with van der Waals surface area (Å²) >= 11 is 1.76. The number of benzene rings is 2. The Morgan fingerprint density at radius 2 is 1.81 bits per heavy atom. The number of hydrogen-bond acceptors (Lipinski definition) is 1. The predicted molar refractivity (Wildman–Crippen MR) is 82.3 cm³/mol. The summed E-state index contributed by atoms with van der Waals surface area (Å²) in [5.41, 5.74) is 1.97. The molecule has 0 radical (unpaired) electrons. The summed E-state index contributed by atoms with van der Waals surface area (Å²) in [6.45, 7) is 1.89. The highest BCUT2D eigenvalue weighted by Crippen LogP contribution is 2.46. The topological polar surface area (TPSA) is 9.23 Å². The predicted octanol–water partition coefficient (Wildman–Crippen LogP) is 5.05. The van der Waals surface area contributed by atoms with Crippen molar-refractivity contribution in [2.45, 2.75) is 25.4 Å². The summed E-state index contributed by atoms with van der Waals surface area (Å²) in [5.74, 6) is -2.14. The van der Waals surface area contributed by atoms with Crippen LogP contribution in [0.1, 0.15) is 22.6 Å². The van der Waals surface area contributed by atoms with Crippen molar-refractivity contribution < 1.29 is 17.9 Å². The molecule has 1 heterocycles. The zero-order chi connectivity index (χ0) is 15.2. The maximum atomic E-state index is 14.3. The largest absolute Gasteiger partial charge is 0.429 e. The molecule has 0 saturated heterocycles. The summed E-state index contributed by atoms with van der Waals surface area (Å²) in [5, 5.41) is 0. The van der Waals surface area contributed by atoms with Gasteiger partial charge in [-0.15, -0.1) is 0 Å². The fourth-order valence-electron chi connectivity index (χ4n) is 2.50. The van der Waals surface area contributed by atoms with E-state index in [0.29, 0.717) is 11.1 Å². The summed E-state index contributed by atoms with van der Waals surface area (Å²) in [6.07, 6.45) is -3.37. The monoisotopic (exact) mass is 404 g/mol. The maximum absolute atomic E-state index is 14.3. The molecule has 1 atom stereocenters. The normalized spacial score (nSPS) is 19.8. The Hall–Kier alpha value is -1.24. The lowest BCUT2D eigenvalue weighted by Crippen LogP contribution is -2.38. The van der Waals surface area contributed by atoms with E-state index in [2.05, 4.69) is 0 Å². The lowest BCUT2D eigenvalue weighted by atomic mass is 9.88. The second kappa shape index (κ2) is 5.19. The highest BCUT2D eigenvalue weighted by Gasteiger charge is 2.48. The van der Waals surface area contributed by atoms with Gasteiger partial charge in [-0.1, -0.05) is 35.9 Å². The zero-order valence-corrected chi connectivity index (χ0v) is 13.3. The molecule has 1 aliphatic rings. The Morgan fingerprint density at radius 3 is 2.48 bits per heavy atom. The molecule has 0 spiro atoms. The van der Waals surface area contributed by atoms with Gasteiger partial charge in [-0.25, -0.2) is 4.39 Å². The molecule has 21 heavy (non-hydrogen) atoms. The van der Waals surface area contributed by atoms with E-state index in [4.69, 9.17) is 4.74 Å². The number of rotatable bonds is 1. The van der Waals surface area contributed by atoms with Crippen LogP contribution in [0.15, 0.2) is 36.4 Å². The number of aryl methyl sites for hydroxylation is 1. The molecule has 0 bridgehead atoms. The minimum atomic E-state index is -3.42. The molecule has 0 saturated carbocycles. The molecule has 0 fully saturated rings. The quantitative estimate of drug-likeness (QED) is 0.605. The van der Waals surface area contributed by atoms with Crippen molar-refractivity contribution in [3.05, 3.63) is 62.5 Å². The molecule has 0 aliphatic carbocycles. The second-order valence-corrected chi connectivity index (χ2v) is 6.34. The lowest BCUT2D eigenvalue weighted by Gasteiger charge is -2.33. The van der Waals surface area contributed by atoms with Gasteiger partial charge in [0.25, 0.3) is 0 Å². The van der Waals surface area contributed by atoms with E-state index in [1.165, 1.54) is 0 Å². The molecule has 1 nitrogen and oxygen atoms in total. The van der Waals surface area contributed by atoms with Crippen LogP contribution in [0.25, 0.3) is 0 Å². The average molecular weight is 404 g/mol. The maximum Gasteiger partial charge on any atom is 0.405 e. The number of alkyl halides is 2. The van der Waals surface area contributed by atoms with Crippen LogP contribution in [-0.4, -0.2) is 6.11 Å². The Bertz CT molecular complexity index is 683. The summed E-state index contributed by atoms with van der Waals surface area (Å²) in [4.78, 5) is 0. The Balaban J connectivity index is 2.04. The number of hydrogen-bond donors (Lipinski definition) is 0. The first kappa shape index (κ1) is 14.7. The van der Waals surface area contributed by atoms with Gasteiger partial charge < -0.3 is 4.74 Å².